The molecule has 6 heteroatoms. The molecule has 1 fully saturated rings. The second kappa shape index (κ2) is 7.88. The summed E-state index contributed by atoms with van der Waals surface area (Å²) >= 11 is 0. The van der Waals surface area contributed by atoms with Crippen LogP contribution >= 0.6 is 0 Å². The summed E-state index contributed by atoms with van der Waals surface area (Å²) in [4.78, 5) is 12.7. The molecule has 0 aromatic heterocycles. The van der Waals surface area contributed by atoms with E-state index in [1.807, 2.05) is 43.3 Å². The van der Waals surface area contributed by atoms with Gasteiger partial charge in [0.05, 0.1) is 6.10 Å². The Morgan fingerprint density at radius 3 is 2.74 bits per heavy atom. The Hall–Kier alpha value is -2.73. The Bertz CT molecular complexity index is 803. The van der Waals surface area contributed by atoms with Crippen LogP contribution in [0.5, 0.6) is 17.2 Å². The Labute approximate surface area is 158 Å². The zero-order valence-corrected chi connectivity index (χ0v) is 15.2. The van der Waals surface area contributed by atoms with Crippen LogP contribution in [0.1, 0.15) is 19.8 Å². The monoisotopic (exact) mass is 369 g/mol. The third-order valence-corrected chi connectivity index (χ3v) is 4.66. The predicted octanol–water partition coefficient (Wildman–Crippen LogP) is 3.41. The van der Waals surface area contributed by atoms with Crippen molar-refractivity contribution in [3.63, 3.8) is 0 Å². The molecule has 1 saturated heterocycles. The SMILES string of the molecule is CC1Oc2ccccc2OC1C(=O)Nc1cccc(OCC2CCCO2)c1. The molecule has 1 amide bonds. The normalized spacial score (nSPS) is 23.7. The van der Waals surface area contributed by atoms with E-state index in [9.17, 15) is 4.79 Å². The van der Waals surface area contributed by atoms with Crippen molar-refractivity contribution in [2.24, 2.45) is 0 Å². The fourth-order valence-corrected chi connectivity index (χ4v) is 3.25. The first-order valence-corrected chi connectivity index (χ1v) is 9.27. The van der Waals surface area contributed by atoms with Crippen molar-refractivity contribution in [2.75, 3.05) is 18.5 Å². The number of hydrogen-bond donors (Lipinski definition) is 1. The number of amides is 1. The van der Waals surface area contributed by atoms with E-state index in [0.29, 0.717) is 29.5 Å². The standard InChI is InChI=1S/C21H23NO5/c1-14-20(27-19-10-3-2-9-18(19)26-14)21(23)22-15-6-4-7-16(12-15)25-13-17-8-5-11-24-17/h2-4,6-7,9-10,12,14,17,20H,5,8,11,13H2,1H3,(H,22,23). The quantitative estimate of drug-likeness (QED) is 0.875. The van der Waals surface area contributed by atoms with Crippen molar-refractivity contribution < 1.29 is 23.7 Å². The van der Waals surface area contributed by atoms with E-state index in [4.69, 9.17) is 18.9 Å². The van der Waals surface area contributed by atoms with Crippen LogP contribution in [0.2, 0.25) is 0 Å². The maximum absolute atomic E-state index is 12.7. The number of hydrogen-bond acceptors (Lipinski definition) is 5. The van der Waals surface area contributed by atoms with Crippen molar-refractivity contribution in [3.8, 4) is 17.2 Å². The van der Waals surface area contributed by atoms with Gasteiger partial charge in [-0.3, -0.25) is 4.79 Å². The van der Waals surface area contributed by atoms with Crippen LogP contribution in [0.3, 0.4) is 0 Å². The topological polar surface area (TPSA) is 66.0 Å². The molecule has 0 bridgehead atoms. The van der Waals surface area contributed by atoms with E-state index in [2.05, 4.69) is 5.32 Å². The lowest BCUT2D eigenvalue weighted by Gasteiger charge is -2.31. The van der Waals surface area contributed by atoms with Crippen LogP contribution in [-0.2, 0) is 9.53 Å². The minimum atomic E-state index is -0.726. The minimum absolute atomic E-state index is 0.150. The molecule has 0 saturated carbocycles. The van der Waals surface area contributed by atoms with Gasteiger partial charge in [0.25, 0.3) is 5.91 Å². The summed E-state index contributed by atoms with van der Waals surface area (Å²) in [5.74, 6) is 1.67. The molecule has 0 spiro atoms. The Balaban J connectivity index is 1.38. The van der Waals surface area contributed by atoms with Crippen molar-refractivity contribution in [1.29, 1.82) is 0 Å². The van der Waals surface area contributed by atoms with Crippen LogP contribution in [-0.4, -0.2) is 37.4 Å². The number of nitrogens with one attached hydrogen (secondary N) is 1. The maximum atomic E-state index is 12.7. The van der Waals surface area contributed by atoms with Crippen LogP contribution in [0, 0.1) is 0 Å². The third kappa shape index (κ3) is 4.17. The molecule has 2 heterocycles. The van der Waals surface area contributed by atoms with Gasteiger partial charge in [-0.25, -0.2) is 0 Å². The van der Waals surface area contributed by atoms with Gasteiger partial charge in [0.1, 0.15) is 18.5 Å². The zero-order chi connectivity index (χ0) is 18.6. The number of carbonyl (C=O) groups excluding carboxylic acids is 1. The van der Waals surface area contributed by atoms with Crippen LogP contribution in [0.4, 0.5) is 5.69 Å². The molecule has 2 aliphatic rings. The van der Waals surface area contributed by atoms with Gasteiger partial charge in [-0.15, -0.1) is 0 Å². The molecule has 0 radical (unpaired) electrons. The molecule has 0 aliphatic carbocycles. The molecule has 142 valence electrons. The van der Waals surface area contributed by atoms with Crippen LogP contribution < -0.4 is 19.5 Å². The number of benzene rings is 2. The summed E-state index contributed by atoms with van der Waals surface area (Å²) in [5.41, 5.74) is 0.652. The average Bonchev–Trinajstić information content (AvgIpc) is 3.20. The van der Waals surface area contributed by atoms with E-state index in [1.54, 1.807) is 12.1 Å². The van der Waals surface area contributed by atoms with E-state index in [-0.39, 0.29) is 18.1 Å². The first-order valence-electron chi connectivity index (χ1n) is 9.27. The molecule has 2 aromatic rings. The van der Waals surface area contributed by atoms with Gasteiger partial charge < -0.3 is 24.3 Å². The predicted molar refractivity (Wildman–Crippen MR) is 100 cm³/mol. The number of carbonyl (C=O) groups is 1. The molecule has 2 aliphatic heterocycles. The van der Waals surface area contributed by atoms with Gasteiger partial charge in [-0.05, 0) is 44.0 Å². The van der Waals surface area contributed by atoms with Gasteiger partial charge in [0, 0.05) is 18.4 Å². The first-order chi connectivity index (χ1) is 13.2. The van der Waals surface area contributed by atoms with Crippen molar-refractivity contribution in [1.82, 2.24) is 0 Å². The summed E-state index contributed by atoms with van der Waals surface area (Å²) in [6.07, 6.45) is 1.14. The summed E-state index contributed by atoms with van der Waals surface area (Å²) in [6.45, 7) is 3.14. The number of fused-ring (bicyclic) bond motifs is 1. The van der Waals surface area contributed by atoms with Gasteiger partial charge in [0.15, 0.2) is 11.5 Å². The van der Waals surface area contributed by atoms with Gasteiger partial charge in [-0.1, -0.05) is 18.2 Å². The molecule has 3 atom stereocenters. The summed E-state index contributed by atoms with van der Waals surface area (Å²) in [7, 11) is 0. The number of anilines is 1. The number of ether oxygens (including phenoxy) is 4. The van der Waals surface area contributed by atoms with Gasteiger partial charge in [-0.2, -0.15) is 0 Å². The van der Waals surface area contributed by atoms with E-state index >= 15 is 0 Å². The Morgan fingerprint density at radius 1 is 1.15 bits per heavy atom. The van der Waals surface area contributed by atoms with E-state index < -0.39 is 6.10 Å². The average molecular weight is 369 g/mol. The molecule has 1 N–H and O–H groups in total. The second-order valence-corrected chi connectivity index (χ2v) is 6.77. The fraction of sp³-hybridized carbons (Fsp3) is 0.381. The highest BCUT2D eigenvalue weighted by Crippen LogP contribution is 2.33. The second-order valence-electron chi connectivity index (χ2n) is 6.77. The molecule has 27 heavy (non-hydrogen) atoms. The van der Waals surface area contributed by atoms with Crippen molar-refractivity contribution in [2.45, 2.75) is 38.1 Å². The molecular formula is C21H23NO5. The number of rotatable bonds is 5. The molecule has 6 nitrogen and oxygen atoms in total. The Kier molecular flexibility index (Phi) is 5.16. The van der Waals surface area contributed by atoms with Crippen molar-refractivity contribution >= 4 is 11.6 Å². The minimum Gasteiger partial charge on any atom is -0.491 e. The molecular weight excluding hydrogens is 346 g/mol. The van der Waals surface area contributed by atoms with Crippen LogP contribution in [0.25, 0.3) is 0 Å². The van der Waals surface area contributed by atoms with Gasteiger partial charge >= 0.3 is 0 Å². The lowest BCUT2D eigenvalue weighted by molar-refractivity contribution is -0.128. The largest absolute Gasteiger partial charge is 0.491 e. The zero-order valence-electron chi connectivity index (χ0n) is 15.2. The van der Waals surface area contributed by atoms with E-state index in [0.717, 1.165) is 19.4 Å². The lowest BCUT2D eigenvalue weighted by Crippen LogP contribution is -2.46. The lowest BCUT2D eigenvalue weighted by atomic mass is 10.1. The number of para-hydroxylation sites is 2. The summed E-state index contributed by atoms with van der Waals surface area (Å²) in [6, 6.07) is 14.7. The first kappa shape index (κ1) is 17.7. The fourth-order valence-electron chi connectivity index (χ4n) is 3.25. The van der Waals surface area contributed by atoms with Crippen LogP contribution in [0.15, 0.2) is 48.5 Å². The maximum Gasteiger partial charge on any atom is 0.269 e. The highest BCUT2D eigenvalue weighted by Gasteiger charge is 2.34. The van der Waals surface area contributed by atoms with Crippen molar-refractivity contribution in [3.05, 3.63) is 48.5 Å². The smallest absolute Gasteiger partial charge is 0.269 e. The van der Waals surface area contributed by atoms with Gasteiger partial charge in [0.2, 0.25) is 6.10 Å². The molecule has 4 rings (SSSR count). The Morgan fingerprint density at radius 2 is 1.96 bits per heavy atom. The summed E-state index contributed by atoms with van der Waals surface area (Å²) < 4.78 is 23.0. The third-order valence-electron chi connectivity index (χ3n) is 4.66. The molecule has 3 unspecified atom stereocenters. The summed E-state index contributed by atoms with van der Waals surface area (Å²) in [5, 5.41) is 2.89. The highest BCUT2D eigenvalue weighted by molar-refractivity contribution is 5.95. The molecule has 2 aromatic carbocycles. The highest BCUT2D eigenvalue weighted by atomic mass is 16.6. The van der Waals surface area contributed by atoms with E-state index in [1.165, 1.54) is 0 Å².